The van der Waals surface area contributed by atoms with Crippen molar-refractivity contribution < 1.29 is 38.9 Å². The van der Waals surface area contributed by atoms with Gasteiger partial charge in [0.05, 0.1) is 26.6 Å². The van der Waals surface area contributed by atoms with Crippen LogP contribution in [-0.4, -0.2) is 91.3 Å². The standard InChI is InChI=1S/C25H42N7O8P/c1-8-9-10-11-32(41(36)30-15(2)21(34)38-13-24(3,4)5)39-12-16-18(33)25(6,35)22(40-16)31-14-27-17-19(31)28-23(26)29-20(17)37-7/h14-16,18,22,33,35H,8-13H2,1-7H3,(H2,26,28,29)/t15-,16+,18+,22+,25+/m0/s1. The van der Waals surface area contributed by atoms with Crippen LogP contribution in [0.1, 0.15) is 67.0 Å². The van der Waals surface area contributed by atoms with Gasteiger partial charge in [-0.05, 0) is 25.7 Å². The predicted octanol–water partition coefficient (Wildman–Crippen LogP) is 1.68. The number of anilines is 1. The van der Waals surface area contributed by atoms with Crippen molar-refractivity contribution in [2.24, 2.45) is 10.2 Å². The maximum atomic E-state index is 13.1. The lowest BCUT2D eigenvalue weighted by molar-refractivity contribution is -0.211. The van der Waals surface area contributed by atoms with Crippen molar-refractivity contribution in [2.45, 2.75) is 90.9 Å². The van der Waals surface area contributed by atoms with Crippen molar-refractivity contribution in [3.8, 4) is 5.88 Å². The zero-order chi connectivity index (χ0) is 30.5. The Balaban J connectivity index is 1.76. The minimum absolute atomic E-state index is 0.0686. The summed E-state index contributed by atoms with van der Waals surface area (Å²) in [6.07, 6.45) is 0.263. The number of aliphatic hydroxyl groups is 2. The normalized spacial score (nSPS) is 24.3. The molecule has 230 valence electrons. The molecule has 0 saturated carbocycles. The molecule has 1 fully saturated rings. The lowest BCUT2D eigenvalue weighted by Gasteiger charge is -2.27. The van der Waals surface area contributed by atoms with Crippen LogP contribution < -0.4 is 15.4 Å². The minimum atomic E-state index is -2.48. The molecule has 1 saturated heterocycles. The van der Waals surface area contributed by atoms with Crippen LogP contribution in [-0.2, 0) is 19.1 Å². The number of rotatable bonds is 13. The number of fused-ring (bicyclic) bond motifs is 1. The van der Waals surface area contributed by atoms with Crippen LogP contribution in [0.15, 0.2) is 11.1 Å². The number of aromatic nitrogens is 4. The van der Waals surface area contributed by atoms with Crippen LogP contribution in [0.4, 0.5) is 5.95 Å². The second-order valence-corrected chi connectivity index (χ2v) is 12.6. The van der Waals surface area contributed by atoms with E-state index in [0.717, 1.165) is 12.8 Å². The molecule has 1 aliphatic rings. The highest BCUT2D eigenvalue weighted by atomic mass is 31.1. The predicted molar refractivity (Wildman–Crippen MR) is 148 cm³/mol. The quantitative estimate of drug-likeness (QED) is 0.130. The number of esters is 1. The SMILES string of the molecule is CCCCCN(OC[C@H]1O[C@@H](n2cnc3c(OC)nc(N)nc32)[C@](C)(O)[C@@H]1O)[P+]([O-])=N[C@@H](C)C(=O)OCC(C)(C)C. The molecule has 16 heteroatoms. The average molecular weight is 600 g/mol. The van der Waals surface area contributed by atoms with Gasteiger partial charge in [0, 0.05) is 4.83 Å². The largest absolute Gasteiger partial charge is 0.593 e. The first-order valence-electron chi connectivity index (χ1n) is 13.5. The van der Waals surface area contributed by atoms with Crippen LogP contribution >= 0.6 is 8.09 Å². The first-order chi connectivity index (χ1) is 19.2. The third kappa shape index (κ3) is 8.07. The minimum Gasteiger partial charge on any atom is -0.593 e. The van der Waals surface area contributed by atoms with Gasteiger partial charge in [-0.1, -0.05) is 45.3 Å². The molecular formula is C25H42N7O8P. The van der Waals surface area contributed by atoms with Crippen molar-refractivity contribution in [3.05, 3.63) is 6.33 Å². The second kappa shape index (κ2) is 13.6. The highest BCUT2D eigenvalue weighted by Gasteiger charge is 2.54. The Bertz CT molecular complexity index is 1220. The Hall–Kier alpha value is -2.52. The van der Waals surface area contributed by atoms with Gasteiger partial charge < -0.3 is 35.1 Å². The molecule has 2 aromatic heterocycles. The summed E-state index contributed by atoms with van der Waals surface area (Å²) < 4.78 is 22.1. The Morgan fingerprint density at radius 1 is 1.39 bits per heavy atom. The topological polar surface area (TPSA) is 203 Å². The summed E-state index contributed by atoms with van der Waals surface area (Å²) in [7, 11) is -1.07. The Kier molecular flexibility index (Phi) is 11.0. The molecule has 1 aliphatic heterocycles. The Morgan fingerprint density at radius 2 is 2.10 bits per heavy atom. The highest BCUT2D eigenvalue weighted by Crippen LogP contribution is 2.40. The number of carbonyl (C=O) groups is 1. The molecule has 15 nitrogen and oxygen atoms in total. The Morgan fingerprint density at radius 3 is 2.73 bits per heavy atom. The maximum Gasteiger partial charge on any atom is 0.334 e. The maximum absolute atomic E-state index is 13.1. The summed E-state index contributed by atoms with van der Waals surface area (Å²) in [6, 6.07) is -0.974. The number of aliphatic hydroxyl groups excluding tert-OH is 1. The zero-order valence-corrected chi connectivity index (χ0v) is 25.6. The Labute approximate surface area is 240 Å². The van der Waals surface area contributed by atoms with E-state index in [1.165, 1.54) is 36.7 Å². The number of unbranched alkanes of at least 4 members (excludes halogenated alkanes) is 2. The lowest BCUT2D eigenvalue weighted by Crippen LogP contribution is -2.44. The van der Waals surface area contributed by atoms with Gasteiger partial charge in [0.15, 0.2) is 23.4 Å². The molecule has 0 aromatic carbocycles. The van der Waals surface area contributed by atoms with E-state index in [1.807, 2.05) is 27.7 Å². The van der Waals surface area contributed by atoms with Gasteiger partial charge in [-0.3, -0.25) is 9.40 Å². The fourth-order valence-corrected chi connectivity index (χ4v) is 5.10. The van der Waals surface area contributed by atoms with E-state index in [1.54, 1.807) is 0 Å². The van der Waals surface area contributed by atoms with Gasteiger partial charge in [-0.2, -0.15) is 9.97 Å². The molecule has 2 aromatic rings. The van der Waals surface area contributed by atoms with Gasteiger partial charge >= 0.3 is 5.97 Å². The average Bonchev–Trinajstić information content (AvgIpc) is 3.41. The van der Waals surface area contributed by atoms with Crippen molar-refractivity contribution in [1.29, 1.82) is 0 Å². The number of hydrogen-bond acceptors (Lipinski definition) is 13. The van der Waals surface area contributed by atoms with E-state index in [2.05, 4.69) is 19.7 Å². The molecule has 3 rings (SSSR count). The van der Waals surface area contributed by atoms with E-state index in [4.69, 9.17) is 24.8 Å². The van der Waals surface area contributed by atoms with Gasteiger partial charge in [0.2, 0.25) is 11.8 Å². The molecule has 0 aliphatic carbocycles. The van der Waals surface area contributed by atoms with E-state index < -0.39 is 44.1 Å². The third-order valence-electron chi connectivity index (χ3n) is 6.40. The molecule has 3 heterocycles. The summed E-state index contributed by atoms with van der Waals surface area (Å²) >= 11 is 0. The van der Waals surface area contributed by atoms with Crippen LogP contribution in [0, 0.1) is 5.41 Å². The van der Waals surface area contributed by atoms with Gasteiger partial charge in [0.1, 0.15) is 24.4 Å². The number of nitrogens with zero attached hydrogens (tertiary/aromatic N) is 6. The number of ether oxygens (including phenoxy) is 3. The summed E-state index contributed by atoms with van der Waals surface area (Å²) in [5, 5.41) is 22.2. The van der Waals surface area contributed by atoms with Gasteiger partial charge in [-0.25, -0.2) is 9.78 Å². The summed E-state index contributed by atoms with van der Waals surface area (Å²) in [6.45, 7) is 11.0. The molecule has 0 radical (unpaired) electrons. The first-order valence-corrected chi connectivity index (χ1v) is 14.7. The lowest BCUT2D eigenvalue weighted by atomic mass is 9.96. The number of imidazole rings is 1. The fourth-order valence-electron chi connectivity index (χ4n) is 4.12. The van der Waals surface area contributed by atoms with Crippen LogP contribution in [0.2, 0.25) is 0 Å². The van der Waals surface area contributed by atoms with E-state index in [0.29, 0.717) is 11.9 Å². The van der Waals surface area contributed by atoms with Crippen LogP contribution in [0.25, 0.3) is 11.2 Å². The molecule has 6 atom stereocenters. The molecule has 0 amide bonds. The van der Waals surface area contributed by atoms with E-state index in [9.17, 15) is 19.9 Å². The number of nitrogens with two attached hydrogens (primary N) is 1. The first kappa shape index (κ1) is 33.0. The van der Waals surface area contributed by atoms with E-state index in [-0.39, 0.29) is 42.6 Å². The third-order valence-corrected chi connectivity index (χ3v) is 7.64. The smallest absolute Gasteiger partial charge is 0.334 e. The monoisotopic (exact) mass is 599 g/mol. The van der Waals surface area contributed by atoms with Crippen LogP contribution in [0.3, 0.4) is 0 Å². The summed E-state index contributed by atoms with van der Waals surface area (Å²) in [5.74, 6) is -0.504. The highest BCUT2D eigenvalue weighted by molar-refractivity contribution is 7.36. The van der Waals surface area contributed by atoms with Crippen molar-refractivity contribution in [3.63, 3.8) is 0 Å². The molecule has 1 unspecified atom stereocenters. The molecular weight excluding hydrogens is 557 g/mol. The summed E-state index contributed by atoms with van der Waals surface area (Å²) in [5.41, 5.74) is 4.34. The van der Waals surface area contributed by atoms with Gasteiger partial charge in [0.25, 0.3) is 8.09 Å². The van der Waals surface area contributed by atoms with Crippen molar-refractivity contribution in [2.75, 3.05) is 32.6 Å². The fraction of sp³-hybridized carbons (Fsp3) is 0.760. The number of nitrogen functional groups attached to an aromatic ring is 1. The second-order valence-electron chi connectivity index (χ2n) is 11.4. The molecule has 0 bridgehead atoms. The number of carbonyl (C=O) groups excluding carboxylic acids is 1. The van der Waals surface area contributed by atoms with Crippen LogP contribution in [0.5, 0.6) is 5.88 Å². The van der Waals surface area contributed by atoms with E-state index >= 15 is 0 Å². The van der Waals surface area contributed by atoms with Gasteiger partial charge in [-0.15, -0.1) is 0 Å². The van der Waals surface area contributed by atoms with Crippen molar-refractivity contribution >= 4 is 31.2 Å². The number of hydrogen-bond donors (Lipinski definition) is 3. The van der Waals surface area contributed by atoms with Crippen molar-refractivity contribution in [1.82, 2.24) is 24.4 Å². The number of hydroxylamine groups is 1. The molecule has 41 heavy (non-hydrogen) atoms. The zero-order valence-electron chi connectivity index (χ0n) is 24.7. The number of methoxy groups -OCH3 is 1. The molecule has 4 N–H and O–H groups in total. The summed E-state index contributed by atoms with van der Waals surface area (Å²) in [4.78, 5) is 45.0. The molecule has 0 spiro atoms.